The highest BCUT2D eigenvalue weighted by molar-refractivity contribution is 8.00. The molecule has 0 aromatic heterocycles. The minimum Gasteiger partial charge on any atom is -0.350 e. The van der Waals surface area contributed by atoms with Crippen LogP contribution < -0.4 is 5.32 Å². The van der Waals surface area contributed by atoms with Crippen molar-refractivity contribution in [1.82, 2.24) is 10.2 Å². The highest BCUT2D eigenvalue weighted by atomic mass is 35.5. The van der Waals surface area contributed by atoms with E-state index in [1.807, 2.05) is 76.2 Å². The Morgan fingerprint density at radius 1 is 1.07 bits per heavy atom. The number of halogens is 1. The average molecular weight is 433 g/mol. The van der Waals surface area contributed by atoms with E-state index in [4.69, 9.17) is 11.6 Å². The zero-order chi connectivity index (χ0) is 21.4. The fourth-order valence-electron chi connectivity index (χ4n) is 2.93. The Labute approximate surface area is 183 Å². The van der Waals surface area contributed by atoms with E-state index in [1.165, 1.54) is 11.8 Å². The fraction of sp³-hybridized carbons (Fsp3) is 0.391. The molecule has 1 unspecified atom stereocenters. The third-order valence-corrected chi connectivity index (χ3v) is 5.65. The van der Waals surface area contributed by atoms with Gasteiger partial charge in [-0.25, -0.2) is 0 Å². The summed E-state index contributed by atoms with van der Waals surface area (Å²) in [5, 5.41) is 3.60. The van der Waals surface area contributed by atoms with Gasteiger partial charge in [0.2, 0.25) is 11.8 Å². The number of benzene rings is 2. The standard InChI is InChI=1S/C23H29ClN2O2S/c1-5-20(22(28)25-23(2,3)4)26(15-17-11-9-10-14-19(17)24)21(27)16-29-18-12-7-6-8-13-18/h6-14,20H,5,15-16H2,1-4H3,(H,25,28). The molecule has 0 aliphatic rings. The second-order valence-electron chi connectivity index (χ2n) is 7.88. The second-order valence-corrected chi connectivity index (χ2v) is 9.33. The smallest absolute Gasteiger partial charge is 0.243 e. The van der Waals surface area contributed by atoms with Gasteiger partial charge in [-0.3, -0.25) is 9.59 Å². The molecule has 0 fully saturated rings. The van der Waals surface area contributed by atoms with Crippen LogP contribution in [0.15, 0.2) is 59.5 Å². The minimum absolute atomic E-state index is 0.0883. The average Bonchev–Trinajstić information content (AvgIpc) is 2.67. The van der Waals surface area contributed by atoms with Crippen LogP contribution in [0.1, 0.15) is 39.7 Å². The maximum atomic E-state index is 13.2. The van der Waals surface area contributed by atoms with Crippen LogP contribution in [-0.2, 0) is 16.1 Å². The third-order valence-electron chi connectivity index (χ3n) is 4.29. The van der Waals surface area contributed by atoms with Crippen LogP contribution in [0.5, 0.6) is 0 Å². The largest absolute Gasteiger partial charge is 0.350 e. The maximum Gasteiger partial charge on any atom is 0.243 e. The molecule has 0 saturated heterocycles. The second kappa shape index (κ2) is 10.7. The van der Waals surface area contributed by atoms with E-state index in [0.717, 1.165) is 10.5 Å². The Morgan fingerprint density at radius 2 is 1.69 bits per heavy atom. The van der Waals surface area contributed by atoms with E-state index in [9.17, 15) is 9.59 Å². The summed E-state index contributed by atoms with van der Waals surface area (Å²) < 4.78 is 0. The summed E-state index contributed by atoms with van der Waals surface area (Å²) in [5.41, 5.74) is 0.455. The predicted octanol–water partition coefficient (Wildman–Crippen LogP) is 5.15. The van der Waals surface area contributed by atoms with E-state index >= 15 is 0 Å². The number of hydrogen-bond donors (Lipinski definition) is 1. The van der Waals surface area contributed by atoms with E-state index < -0.39 is 6.04 Å². The molecule has 2 aromatic carbocycles. The van der Waals surface area contributed by atoms with Crippen molar-refractivity contribution in [3.05, 3.63) is 65.2 Å². The Kier molecular flexibility index (Phi) is 8.60. The van der Waals surface area contributed by atoms with Crippen LogP contribution in [0.4, 0.5) is 0 Å². The normalized spacial score (nSPS) is 12.3. The fourth-order valence-corrected chi connectivity index (χ4v) is 3.93. The van der Waals surface area contributed by atoms with Gasteiger partial charge >= 0.3 is 0 Å². The summed E-state index contributed by atoms with van der Waals surface area (Å²) >= 11 is 7.80. The number of amides is 2. The molecule has 2 amide bonds. The topological polar surface area (TPSA) is 49.4 Å². The first-order chi connectivity index (χ1) is 13.7. The number of carbonyl (C=O) groups is 2. The van der Waals surface area contributed by atoms with Crippen LogP contribution in [0.2, 0.25) is 5.02 Å². The van der Waals surface area contributed by atoms with Crippen molar-refractivity contribution in [1.29, 1.82) is 0 Å². The number of thioether (sulfide) groups is 1. The van der Waals surface area contributed by atoms with Gasteiger partial charge in [-0.2, -0.15) is 0 Å². The van der Waals surface area contributed by atoms with E-state index in [-0.39, 0.29) is 23.1 Å². The molecule has 2 rings (SSSR count). The number of rotatable bonds is 8. The number of carbonyl (C=O) groups excluding carboxylic acids is 2. The van der Waals surface area contributed by atoms with Gasteiger partial charge in [0, 0.05) is 22.0 Å². The summed E-state index contributed by atoms with van der Waals surface area (Å²) in [6.45, 7) is 8.02. The Hall–Kier alpha value is -1.98. The molecule has 0 heterocycles. The van der Waals surface area contributed by atoms with Crippen molar-refractivity contribution >= 4 is 35.2 Å². The van der Waals surface area contributed by atoms with Crippen molar-refractivity contribution in [3.63, 3.8) is 0 Å². The van der Waals surface area contributed by atoms with Gasteiger partial charge in [0.15, 0.2) is 0 Å². The van der Waals surface area contributed by atoms with Gasteiger partial charge in [0.25, 0.3) is 0 Å². The Bertz CT molecular complexity index is 821. The lowest BCUT2D eigenvalue weighted by atomic mass is 10.1. The van der Waals surface area contributed by atoms with Crippen molar-refractivity contribution in [2.75, 3.05) is 5.75 Å². The Balaban J connectivity index is 2.24. The van der Waals surface area contributed by atoms with Gasteiger partial charge in [0.05, 0.1) is 5.75 Å². The molecule has 1 N–H and O–H groups in total. The summed E-state index contributed by atoms with van der Waals surface area (Å²) in [6.07, 6.45) is 0.522. The van der Waals surface area contributed by atoms with Crippen LogP contribution >= 0.6 is 23.4 Å². The molecular formula is C23H29ClN2O2S. The Morgan fingerprint density at radius 3 is 2.28 bits per heavy atom. The quantitative estimate of drug-likeness (QED) is 0.586. The summed E-state index contributed by atoms with van der Waals surface area (Å²) in [6, 6.07) is 16.6. The van der Waals surface area contributed by atoms with E-state index in [2.05, 4.69) is 5.32 Å². The molecule has 1 atom stereocenters. The number of nitrogens with one attached hydrogen (secondary N) is 1. The molecule has 4 nitrogen and oxygen atoms in total. The van der Waals surface area contributed by atoms with Crippen LogP contribution in [0.25, 0.3) is 0 Å². The molecule has 156 valence electrons. The molecule has 0 bridgehead atoms. The molecule has 0 aliphatic carbocycles. The van der Waals surface area contributed by atoms with Gasteiger partial charge in [-0.15, -0.1) is 11.8 Å². The monoisotopic (exact) mass is 432 g/mol. The van der Waals surface area contributed by atoms with E-state index in [1.54, 1.807) is 11.0 Å². The SMILES string of the molecule is CCC(C(=O)NC(C)(C)C)N(Cc1ccccc1Cl)C(=O)CSc1ccccc1. The molecule has 0 spiro atoms. The third kappa shape index (κ3) is 7.41. The molecule has 0 saturated carbocycles. The van der Waals surface area contributed by atoms with Crippen LogP contribution in [-0.4, -0.2) is 34.0 Å². The molecule has 29 heavy (non-hydrogen) atoms. The van der Waals surface area contributed by atoms with Gasteiger partial charge in [0.1, 0.15) is 6.04 Å². The minimum atomic E-state index is -0.561. The zero-order valence-corrected chi connectivity index (χ0v) is 19.0. The lowest BCUT2D eigenvalue weighted by Gasteiger charge is -2.33. The van der Waals surface area contributed by atoms with E-state index in [0.29, 0.717) is 18.0 Å². The first kappa shape index (κ1) is 23.3. The van der Waals surface area contributed by atoms with Crippen molar-refractivity contribution in [2.24, 2.45) is 0 Å². The van der Waals surface area contributed by atoms with Crippen LogP contribution in [0, 0.1) is 0 Å². The summed E-state index contributed by atoms with van der Waals surface area (Å²) in [5.74, 6) is 0.0214. The first-order valence-corrected chi connectivity index (χ1v) is 11.1. The molecular weight excluding hydrogens is 404 g/mol. The first-order valence-electron chi connectivity index (χ1n) is 9.74. The molecule has 6 heteroatoms. The van der Waals surface area contributed by atoms with Crippen molar-refractivity contribution in [2.45, 2.75) is 57.1 Å². The lowest BCUT2D eigenvalue weighted by molar-refractivity contribution is -0.140. The maximum absolute atomic E-state index is 13.2. The number of hydrogen-bond acceptors (Lipinski definition) is 3. The zero-order valence-electron chi connectivity index (χ0n) is 17.4. The molecule has 2 aromatic rings. The highest BCUT2D eigenvalue weighted by Crippen LogP contribution is 2.23. The lowest BCUT2D eigenvalue weighted by Crippen LogP contribution is -2.53. The highest BCUT2D eigenvalue weighted by Gasteiger charge is 2.30. The predicted molar refractivity (Wildman–Crippen MR) is 121 cm³/mol. The van der Waals surface area contributed by atoms with Crippen molar-refractivity contribution in [3.8, 4) is 0 Å². The number of nitrogens with zero attached hydrogens (tertiary/aromatic N) is 1. The summed E-state index contributed by atoms with van der Waals surface area (Å²) in [7, 11) is 0. The van der Waals surface area contributed by atoms with Gasteiger partial charge < -0.3 is 10.2 Å². The summed E-state index contributed by atoms with van der Waals surface area (Å²) in [4.78, 5) is 28.8. The molecule has 0 aliphatic heterocycles. The van der Waals surface area contributed by atoms with Crippen molar-refractivity contribution < 1.29 is 9.59 Å². The molecule has 0 radical (unpaired) electrons. The van der Waals surface area contributed by atoms with Gasteiger partial charge in [-0.05, 0) is 51.0 Å². The van der Waals surface area contributed by atoms with Gasteiger partial charge in [-0.1, -0.05) is 54.9 Å². The van der Waals surface area contributed by atoms with Crippen LogP contribution in [0.3, 0.4) is 0 Å².